The summed E-state index contributed by atoms with van der Waals surface area (Å²) < 4.78 is 0. The van der Waals surface area contributed by atoms with Gasteiger partial charge in [0.05, 0.1) is 11.8 Å². The van der Waals surface area contributed by atoms with Crippen LogP contribution >= 0.6 is 0 Å². The first kappa shape index (κ1) is 13.3. The minimum atomic E-state index is -0.728. The van der Waals surface area contributed by atoms with Crippen LogP contribution in [0.4, 0.5) is 0 Å². The molecule has 0 aliphatic carbocycles. The molecule has 2 rings (SSSR count). The fraction of sp³-hybridized carbons (Fsp3) is 0.846. The normalized spacial score (nSPS) is 33.2. The molecule has 2 heterocycles. The number of nitrogens with one attached hydrogen (secondary N) is 1. The van der Waals surface area contributed by atoms with Gasteiger partial charge in [-0.2, -0.15) is 0 Å². The van der Waals surface area contributed by atoms with Gasteiger partial charge in [-0.05, 0) is 39.2 Å². The molecule has 2 aliphatic rings. The highest BCUT2D eigenvalue weighted by molar-refractivity contribution is 5.80. The lowest BCUT2D eigenvalue weighted by molar-refractivity contribution is -0.149. The van der Waals surface area contributed by atoms with Crippen molar-refractivity contribution in [3.05, 3.63) is 0 Å². The van der Waals surface area contributed by atoms with Crippen LogP contribution in [0.2, 0.25) is 0 Å². The standard InChI is InChI=1S/C13H22N2O3/c1-9-7-10(13(17)18)4-6-15(9)12(16)11-3-2-5-14-8-11/h9-11,14H,2-8H2,1H3,(H,17,18)/t9?,10?,11-/m1/s1. The minimum absolute atomic E-state index is 0.0503. The Morgan fingerprint density at radius 2 is 2.06 bits per heavy atom. The molecule has 0 saturated carbocycles. The van der Waals surface area contributed by atoms with Gasteiger partial charge in [0.25, 0.3) is 0 Å². The van der Waals surface area contributed by atoms with Crippen LogP contribution in [-0.2, 0) is 9.59 Å². The average molecular weight is 254 g/mol. The monoisotopic (exact) mass is 254 g/mol. The second-order valence-corrected chi connectivity index (χ2v) is 5.48. The van der Waals surface area contributed by atoms with Crippen LogP contribution in [0, 0.1) is 11.8 Å². The minimum Gasteiger partial charge on any atom is -0.481 e. The average Bonchev–Trinajstić information content (AvgIpc) is 2.38. The first-order valence-corrected chi connectivity index (χ1v) is 6.83. The topological polar surface area (TPSA) is 69.6 Å². The fourth-order valence-corrected chi connectivity index (χ4v) is 3.02. The zero-order valence-electron chi connectivity index (χ0n) is 10.9. The summed E-state index contributed by atoms with van der Waals surface area (Å²) in [5.74, 6) is -0.720. The van der Waals surface area contributed by atoms with Gasteiger partial charge in [-0.25, -0.2) is 0 Å². The molecule has 0 aromatic carbocycles. The van der Waals surface area contributed by atoms with Crippen molar-refractivity contribution < 1.29 is 14.7 Å². The summed E-state index contributed by atoms with van der Waals surface area (Å²) >= 11 is 0. The Morgan fingerprint density at radius 3 is 2.61 bits per heavy atom. The summed E-state index contributed by atoms with van der Waals surface area (Å²) in [5.41, 5.74) is 0. The number of aliphatic carboxylic acids is 1. The largest absolute Gasteiger partial charge is 0.481 e. The number of hydrogen-bond acceptors (Lipinski definition) is 3. The molecule has 2 aliphatic heterocycles. The Balaban J connectivity index is 1.93. The molecule has 2 N–H and O–H groups in total. The lowest BCUT2D eigenvalue weighted by Gasteiger charge is -2.39. The lowest BCUT2D eigenvalue weighted by Crippen LogP contribution is -2.50. The van der Waals surface area contributed by atoms with Crippen LogP contribution in [0.3, 0.4) is 0 Å². The molecule has 0 bridgehead atoms. The number of carboxylic acid groups (broad SMARTS) is 1. The predicted molar refractivity (Wildman–Crippen MR) is 67.1 cm³/mol. The summed E-state index contributed by atoms with van der Waals surface area (Å²) in [5, 5.41) is 12.3. The van der Waals surface area contributed by atoms with E-state index in [0.717, 1.165) is 25.9 Å². The number of carbonyl (C=O) groups is 2. The maximum atomic E-state index is 12.4. The van der Waals surface area contributed by atoms with Gasteiger partial charge in [0.15, 0.2) is 0 Å². The van der Waals surface area contributed by atoms with Gasteiger partial charge in [0, 0.05) is 19.1 Å². The van der Waals surface area contributed by atoms with Gasteiger partial charge in [-0.1, -0.05) is 0 Å². The van der Waals surface area contributed by atoms with E-state index in [4.69, 9.17) is 5.11 Å². The Hall–Kier alpha value is -1.10. The van der Waals surface area contributed by atoms with Gasteiger partial charge in [0.1, 0.15) is 0 Å². The van der Waals surface area contributed by atoms with Crippen LogP contribution < -0.4 is 5.32 Å². The quantitative estimate of drug-likeness (QED) is 0.761. The van der Waals surface area contributed by atoms with Crippen molar-refractivity contribution in [1.82, 2.24) is 10.2 Å². The van der Waals surface area contributed by atoms with E-state index >= 15 is 0 Å². The van der Waals surface area contributed by atoms with Gasteiger partial charge in [0.2, 0.25) is 5.91 Å². The van der Waals surface area contributed by atoms with Crippen LogP contribution in [0.15, 0.2) is 0 Å². The van der Waals surface area contributed by atoms with Gasteiger partial charge < -0.3 is 15.3 Å². The number of carbonyl (C=O) groups excluding carboxylic acids is 1. The number of rotatable bonds is 2. The highest BCUT2D eigenvalue weighted by Gasteiger charge is 2.35. The second kappa shape index (κ2) is 5.69. The van der Waals surface area contributed by atoms with E-state index in [1.54, 1.807) is 0 Å². The predicted octanol–water partition coefficient (Wildman–Crippen LogP) is 0.698. The third kappa shape index (κ3) is 2.83. The second-order valence-electron chi connectivity index (χ2n) is 5.48. The summed E-state index contributed by atoms with van der Waals surface area (Å²) in [6, 6.07) is 0.0503. The zero-order valence-corrected chi connectivity index (χ0v) is 10.9. The third-order valence-corrected chi connectivity index (χ3v) is 4.15. The zero-order chi connectivity index (χ0) is 13.1. The van der Waals surface area contributed by atoms with Crippen molar-refractivity contribution in [3.63, 3.8) is 0 Å². The van der Waals surface area contributed by atoms with E-state index in [2.05, 4.69) is 5.32 Å². The number of hydrogen-bond donors (Lipinski definition) is 2. The first-order chi connectivity index (χ1) is 8.59. The van der Waals surface area contributed by atoms with Gasteiger partial charge >= 0.3 is 5.97 Å². The van der Waals surface area contributed by atoms with E-state index in [9.17, 15) is 9.59 Å². The highest BCUT2D eigenvalue weighted by Crippen LogP contribution is 2.25. The number of nitrogens with zero attached hydrogens (tertiary/aromatic N) is 1. The summed E-state index contributed by atoms with van der Waals surface area (Å²) in [6.07, 6.45) is 3.18. The summed E-state index contributed by atoms with van der Waals surface area (Å²) in [7, 11) is 0. The molecule has 102 valence electrons. The van der Waals surface area contributed by atoms with E-state index in [-0.39, 0.29) is 23.8 Å². The van der Waals surface area contributed by atoms with Crippen molar-refractivity contribution in [2.45, 2.75) is 38.6 Å². The van der Waals surface area contributed by atoms with Crippen molar-refractivity contribution in [3.8, 4) is 0 Å². The molecule has 5 heteroatoms. The number of likely N-dealkylation sites (tertiary alicyclic amines) is 1. The van der Waals surface area contributed by atoms with E-state index in [0.29, 0.717) is 19.4 Å². The summed E-state index contributed by atoms with van der Waals surface area (Å²) in [6.45, 7) is 4.32. The maximum Gasteiger partial charge on any atom is 0.306 e. The Morgan fingerprint density at radius 1 is 1.28 bits per heavy atom. The molecular weight excluding hydrogens is 232 g/mol. The van der Waals surface area contributed by atoms with Gasteiger partial charge in [-0.3, -0.25) is 9.59 Å². The Kier molecular flexibility index (Phi) is 4.22. The SMILES string of the molecule is CC1CC(C(=O)O)CCN1C(=O)[C@@H]1CCCNC1. The first-order valence-electron chi connectivity index (χ1n) is 6.83. The fourth-order valence-electron chi connectivity index (χ4n) is 3.02. The highest BCUT2D eigenvalue weighted by atomic mass is 16.4. The van der Waals surface area contributed by atoms with Crippen molar-refractivity contribution in [2.24, 2.45) is 11.8 Å². The smallest absolute Gasteiger partial charge is 0.306 e. The number of carboxylic acids is 1. The maximum absolute atomic E-state index is 12.4. The molecule has 3 atom stereocenters. The molecule has 0 radical (unpaired) electrons. The molecule has 1 amide bonds. The van der Waals surface area contributed by atoms with Crippen molar-refractivity contribution in [1.29, 1.82) is 0 Å². The number of amides is 1. The molecular formula is C13H22N2O3. The molecule has 0 aromatic rings. The number of piperidine rings is 2. The van der Waals surface area contributed by atoms with Crippen LogP contribution in [0.1, 0.15) is 32.6 Å². The molecule has 18 heavy (non-hydrogen) atoms. The van der Waals surface area contributed by atoms with Crippen LogP contribution in [0.25, 0.3) is 0 Å². The molecule has 2 saturated heterocycles. The van der Waals surface area contributed by atoms with E-state index in [1.165, 1.54) is 0 Å². The van der Waals surface area contributed by atoms with Crippen molar-refractivity contribution >= 4 is 11.9 Å². The van der Waals surface area contributed by atoms with Gasteiger partial charge in [-0.15, -0.1) is 0 Å². The lowest BCUT2D eigenvalue weighted by atomic mass is 9.89. The van der Waals surface area contributed by atoms with Crippen molar-refractivity contribution in [2.75, 3.05) is 19.6 Å². The van der Waals surface area contributed by atoms with Crippen LogP contribution in [-0.4, -0.2) is 47.6 Å². The molecule has 2 unspecified atom stereocenters. The summed E-state index contributed by atoms with van der Waals surface area (Å²) in [4.78, 5) is 25.2. The van der Waals surface area contributed by atoms with E-state index in [1.807, 2.05) is 11.8 Å². The molecule has 2 fully saturated rings. The Labute approximate surface area is 108 Å². The van der Waals surface area contributed by atoms with Crippen LogP contribution in [0.5, 0.6) is 0 Å². The molecule has 5 nitrogen and oxygen atoms in total. The Bertz CT molecular complexity index is 326. The third-order valence-electron chi connectivity index (χ3n) is 4.15. The molecule has 0 spiro atoms. The molecule has 0 aromatic heterocycles. The van der Waals surface area contributed by atoms with E-state index < -0.39 is 5.97 Å².